The standard InChI is InChI=1S/C13H29N/c1-11(2)12(3)7-9-14-10-8-13(4,5)6/h11-12,14H,7-10H2,1-6H3. The predicted molar refractivity (Wildman–Crippen MR) is 65.6 cm³/mol. The first-order valence-electron chi connectivity index (χ1n) is 6.03. The summed E-state index contributed by atoms with van der Waals surface area (Å²) in [4.78, 5) is 0. The topological polar surface area (TPSA) is 12.0 Å². The minimum atomic E-state index is 0.469. The molecule has 0 aromatic heterocycles. The molecule has 14 heavy (non-hydrogen) atoms. The Morgan fingerprint density at radius 2 is 1.57 bits per heavy atom. The van der Waals surface area contributed by atoms with Crippen molar-refractivity contribution in [2.24, 2.45) is 17.3 Å². The van der Waals surface area contributed by atoms with Crippen molar-refractivity contribution in [3.05, 3.63) is 0 Å². The van der Waals surface area contributed by atoms with Crippen LogP contribution in [0.25, 0.3) is 0 Å². The average molecular weight is 199 g/mol. The maximum Gasteiger partial charge on any atom is -0.00439 e. The van der Waals surface area contributed by atoms with Crippen molar-refractivity contribution in [3.8, 4) is 0 Å². The molecule has 0 heterocycles. The SMILES string of the molecule is CC(C)C(C)CCNCCC(C)(C)C. The smallest absolute Gasteiger partial charge is 0.00439 e. The van der Waals surface area contributed by atoms with Crippen LogP contribution >= 0.6 is 0 Å². The van der Waals surface area contributed by atoms with Gasteiger partial charge < -0.3 is 5.32 Å². The highest BCUT2D eigenvalue weighted by Gasteiger charge is 2.09. The van der Waals surface area contributed by atoms with Gasteiger partial charge in [-0.1, -0.05) is 41.5 Å². The van der Waals surface area contributed by atoms with E-state index in [0.29, 0.717) is 5.41 Å². The molecule has 0 aliphatic heterocycles. The highest BCUT2D eigenvalue weighted by Crippen LogP contribution is 2.17. The van der Waals surface area contributed by atoms with E-state index in [1.165, 1.54) is 19.4 Å². The monoisotopic (exact) mass is 199 g/mol. The minimum Gasteiger partial charge on any atom is -0.317 e. The van der Waals surface area contributed by atoms with Crippen molar-refractivity contribution in [2.45, 2.75) is 54.4 Å². The number of nitrogens with one attached hydrogen (secondary N) is 1. The number of hydrogen-bond donors (Lipinski definition) is 1. The summed E-state index contributed by atoms with van der Waals surface area (Å²) in [5.41, 5.74) is 0.469. The first-order chi connectivity index (χ1) is 6.33. The molecule has 0 amide bonds. The van der Waals surface area contributed by atoms with Gasteiger partial charge >= 0.3 is 0 Å². The first-order valence-corrected chi connectivity index (χ1v) is 6.03. The second kappa shape index (κ2) is 6.44. The summed E-state index contributed by atoms with van der Waals surface area (Å²) in [6.07, 6.45) is 2.57. The normalized spacial score (nSPS) is 14.8. The molecule has 1 heteroatoms. The van der Waals surface area contributed by atoms with E-state index < -0.39 is 0 Å². The van der Waals surface area contributed by atoms with Gasteiger partial charge in [0.1, 0.15) is 0 Å². The van der Waals surface area contributed by atoms with Gasteiger partial charge in [0.25, 0.3) is 0 Å². The van der Waals surface area contributed by atoms with Gasteiger partial charge in [-0.2, -0.15) is 0 Å². The van der Waals surface area contributed by atoms with Gasteiger partial charge in [-0.3, -0.25) is 0 Å². The lowest BCUT2D eigenvalue weighted by Gasteiger charge is -2.19. The van der Waals surface area contributed by atoms with E-state index in [-0.39, 0.29) is 0 Å². The molecular weight excluding hydrogens is 170 g/mol. The van der Waals surface area contributed by atoms with Gasteiger partial charge in [0.05, 0.1) is 0 Å². The third kappa shape index (κ3) is 8.55. The molecule has 0 radical (unpaired) electrons. The van der Waals surface area contributed by atoms with Gasteiger partial charge in [0.15, 0.2) is 0 Å². The van der Waals surface area contributed by atoms with Crippen molar-refractivity contribution in [1.29, 1.82) is 0 Å². The van der Waals surface area contributed by atoms with E-state index in [1.54, 1.807) is 0 Å². The maximum absolute atomic E-state index is 3.53. The molecular formula is C13H29N. The van der Waals surface area contributed by atoms with Gasteiger partial charge in [0.2, 0.25) is 0 Å². The fraction of sp³-hybridized carbons (Fsp3) is 1.00. The van der Waals surface area contributed by atoms with Crippen LogP contribution < -0.4 is 5.32 Å². The van der Waals surface area contributed by atoms with Gasteiger partial charge in [-0.15, -0.1) is 0 Å². The van der Waals surface area contributed by atoms with Crippen LogP contribution in [-0.4, -0.2) is 13.1 Å². The second-order valence-corrected chi connectivity index (χ2v) is 6.07. The number of hydrogen-bond acceptors (Lipinski definition) is 1. The largest absolute Gasteiger partial charge is 0.317 e. The summed E-state index contributed by atoms with van der Waals surface area (Å²) in [5, 5.41) is 3.53. The lowest BCUT2D eigenvalue weighted by molar-refractivity contribution is 0.349. The van der Waals surface area contributed by atoms with Crippen molar-refractivity contribution < 1.29 is 0 Å². The molecule has 0 aromatic rings. The zero-order chi connectivity index (χ0) is 11.2. The third-order valence-corrected chi connectivity index (χ3v) is 2.97. The molecule has 0 bridgehead atoms. The summed E-state index contributed by atoms with van der Waals surface area (Å²) < 4.78 is 0. The Morgan fingerprint density at radius 3 is 2.00 bits per heavy atom. The highest BCUT2D eigenvalue weighted by atomic mass is 14.8. The van der Waals surface area contributed by atoms with Crippen LogP contribution in [0, 0.1) is 17.3 Å². The fourth-order valence-corrected chi connectivity index (χ4v) is 1.25. The average Bonchev–Trinajstić information content (AvgIpc) is 2.01. The van der Waals surface area contributed by atoms with Crippen LogP contribution in [0.4, 0.5) is 0 Å². The molecule has 1 N–H and O–H groups in total. The van der Waals surface area contributed by atoms with E-state index in [9.17, 15) is 0 Å². The first kappa shape index (κ1) is 14.0. The molecule has 0 saturated carbocycles. The van der Waals surface area contributed by atoms with E-state index >= 15 is 0 Å². The van der Waals surface area contributed by atoms with E-state index in [0.717, 1.165) is 18.4 Å². The summed E-state index contributed by atoms with van der Waals surface area (Å²) in [6, 6.07) is 0. The quantitative estimate of drug-likeness (QED) is 0.643. The summed E-state index contributed by atoms with van der Waals surface area (Å²) in [6.45, 7) is 16.2. The molecule has 1 unspecified atom stereocenters. The van der Waals surface area contributed by atoms with Crippen LogP contribution in [0.15, 0.2) is 0 Å². The predicted octanol–water partition coefficient (Wildman–Crippen LogP) is 3.69. The molecule has 1 nitrogen and oxygen atoms in total. The van der Waals surface area contributed by atoms with Crippen LogP contribution in [0.1, 0.15) is 54.4 Å². The van der Waals surface area contributed by atoms with Crippen LogP contribution in [0.3, 0.4) is 0 Å². The Bertz CT molecular complexity index is 133. The molecule has 0 aromatic carbocycles. The fourth-order valence-electron chi connectivity index (χ4n) is 1.25. The third-order valence-electron chi connectivity index (χ3n) is 2.97. The van der Waals surface area contributed by atoms with Gasteiger partial charge in [-0.25, -0.2) is 0 Å². The van der Waals surface area contributed by atoms with Gasteiger partial charge in [-0.05, 0) is 43.2 Å². The van der Waals surface area contributed by atoms with E-state index in [2.05, 4.69) is 46.9 Å². The molecule has 0 saturated heterocycles. The number of rotatable bonds is 6. The lowest BCUT2D eigenvalue weighted by atomic mass is 9.92. The van der Waals surface area contributed by atoms with E-state index in [4.69, 9.17) is 0 Å². The zero-order valence-electron chi connectivity index (χ0n) is 11.0. The Morgan fingerprint density at radius 1 is 1.00 bits per heavy atom. The highest BCUT2D eigenvalue weighted by molar-refractivity contribution is 4.64. The summed E-state index contributed by atoms with van der Waals surface area (Å²) in [7, 11) is 0. The molecule has 1 atom stereocenters. The Kier molecular flexibility index (Phi) is 6.43. The molecule has 0 rings (SSSR count). The summed E-state index contributed by atoms with van der Waals surface area (Å²) in [5.74, 6) is 1.66. The van der Waals surface area contributed by atoms with Crippen molar-refractivity contribution in [3.63, 3.8) is 0 Å². The van der Waals surface area contributed by atoms with Crippen LogP contribution in [0.5, 0.6) is 0 Å². The molecule has 0 aliphatic rings. The van der Waals surface area contributed by atoms with Gasteiger partial charge in [0, 0.05) is 0 Å². The minimum absolute atomic E-state index is 0.469. The van der Waals surface area contributed by atoms with Crippen molar-refractivity contribution in [1.82, 2.24) is 5.32 Å². The molecule has 0 spiro atoms. The molecule has 0 fully saturated rings. The Labute approximate surface area is 90.7 Å². The van der Waals surface area contributed by atoms with Crippen molar-refractivity contribution in [2.75, 3.05) is 13.1 Å². The second-order valence-electron chi connectivity index (χ2n) is 6.07. The van der Waals surface area contributed by atoms with E-state index in [1.807, 2.05) is 0 Å². The Balaban J connectivity index is 3.30. The zero-order valence-corrected chi connectivity index (χ0v) is 11.0. The maximum atomic E-state index is 3.53. The lowest BCUT2D eigenvalue weighted by Crippen LogP contribution is -2.23. The van der Waals surface area contributed by atoms with Crippen LogP contribution in [0.2, 0.25) is 0 Å². The Hall–Kier alpha value is -0.0400. The van der Waals surface area contributed by atoms with Crippen molar-refractivity contribution >= 4 is 0 Å². The molecule has 0 aliphatic carbocycles. The van der Waals surface area contributed by atoms with Crippen LogP contribution in [-0.2, 0) is 0 Å². The molecule has 86 valence electrons. The summed E-state index contributed by atoms with van der Waals surface area (Å²) >= 11 is 0.